The molecular weight excluding hydrogens is 232 g/mol. The van der Waals surface area contributed by atoms with E-state index in [1.165, 1.54) is 5.56 Å². The van der Waals surface area contributed by atoms with Crippen LogP contribution in [0.2, 0.25) is 0 Å². The van der Waals surface area contributed by atoms with Crippen molar-refractivity contribution < 1.29 is 14.7 Å². The lowest BCUT2D eigenvalue weighted by Crippen LogP contribution is -2.49. The number of fused-ring (bicyclic) bond motifs is 1. The predicted molar refractivity (Wildman–Crippen MR) is 65.6 cm³/mol. The van der Waals surface area contributed by atoms with E-state index >= 15 is 0 Å². The van der Waals surface area contributed by atoms with Gasteiger partial charge in [0.1, 0.15) is 0 Å². The first-order valence-electron chi connectivity index (χ1n) is 5.87. The fraction of sp³-hybridized carbons (Fsp3) is 0.385. The van der Waals surface area contributed by atoms with E-state index < -0.39 is 17.4 Å². The first kappa shape index (κ1) is 12.6. The highest BCUT2D eigenvalue weighted by Gasteiger charge is 2.32. The summed E-state index contributed by atoms with van der Waals surface area (Å²) in [6, 6.07) is 7.90. The van der Waals surface area contributed by atoms with Gasteiger partial charge in [0.25, 0.3) is 0 Å². The quantitative estimate of drug-likeness (QED) is 0.616. The number of nitrogens with one attached hydrogen (secondary N) is 1. The lowest BCUT2D eigenvalue weighted by molar-refractivity contribution is -0.138. The monoisotopic (exact) mass is 248 g/mol. The summed E-state index contributed by atoms with van der Waals surface area (Å²) in [5, 5.41) is 12.7. The van der Waals surface area contributed by atoms with Crippen molar-refractivity contribution in [2.45, 2.75) is 24.9 Å². The second kappa shape index (κ2) is 4.78. The van der Waals surface area contributed by atoms with Crippen LogP contribution < -0.4 is 11.1 Å². The Hall–Kier alpha value is -1.88. The Bertz CT molecular complexity index is 487. The number of carbonyl (C=O) groups excluding carboxylic acids is 2. The zero-order valence-corrected chi connectivity index (χ0v) is 9.98. The smallest absolute Gasteiger partial charge is 0.309 e. The Morgan fingerprint density at radius 3 is 2.67 bits per heavy atom. The second-order valence-electron chi connectivity index (χ2n) is 4.72. The summed E-state index contributed by atoms with van der Waals surface area (Å²) in [5.74, 6) is -1.89. The van der Waals surface area contributed by atoms with E-state index in [-0.39, 0.29) is 6.54 Å². The van der Waals surface area contributed by atoms with Crippen LogP contribution >= 0.6 is 0 Å². The minimum atomic E-state index is -1.03. The van der Waals surface area contributed by atoms with Crippen molar-refractivity contribution in [1.82, 2.24) is 5.32 Å². The normalized spacial score (nSPS) is 22.1. The molecule has 1 unspecified atom stereocenters. The van der Waals surface area contributed by atoms with Crippen molar-refractivity contribution in [2.24, 2.45) is 5.73 Å². The van der Waals surface area contributed by atoms with Crippen LogP contribution in [-0.2, 0) is 22.4 Å². The van der Waals surface area contributed by atoms with Gasteiger partial charge in [-0.15, -0.1) is 0 Å². The van der Waals surface area contributed by atoms with Gasteiger partial charge in [0.2, 0.25) is 0 Å². The summed E-state index contributed by atoms with van der Waals surface area (Å²) in [6.45, 7) is 0.0447. The molecule has 0 spiro atoms. The summed E-state index contributed by atoms with van der Waals surface area (Å²) in [6.07, 6.45) is 1.80. The van der Waals surface area contributed by atoms with Crippen LogP contribution in [0.1, 0.15) is 17.5 Å². The molecule has 2 amide bonds. The van der Waals surface area contributed by atoms with Crippen molar-refractivity contribution in [3.63, 3.8) is 0 Å². The molecule has 1 aromatic carbocycles. The number of nitrogens with two attached hydrogens (primary N) is 1. The van der Waals surface area contributed by atoms with Gasteiger partial charge in [0.05, 0.1) is 5.60 Å². The molecule has 0 saturated heterocycles. The van der Waals surface area contributed by atoms with Crippen LogP contribution in [0.4, 0.5) is 0 Å². The number of carbonyl (C=O) groups is 2. The third-order valence-electron chi connectivity index (χ3n) is 3.30. The number of hydrogen-bond acceptors (Lipinski definition) is 3. The molecule has 0 aromatic heterocycles. The molecule has 4 N–H and O–H groups in total. The fourth-order valence-corrected chi connectivity index (χ4v) is 2.27. The third-order valence-corrected chi connectivity index (χ3v) is 3.30. The maximum absolute atomic E-state index is 11.1. The number of amides is 2. The van der Waals surface area contributed by atoms with Crippen molar-refractivity contribution in [1.29, 1.82) is 0 Å². The number of hydrogen-bond donors (Lipinski definition) is 3. The van der Waals surface area contributed by atoms with Crippen molar-refractivity contribution in [3.05, 3.63) is 35.4 Å². The Balaban J connectivity index is 2.02. The Morgan fingerprint density at radius 2 is 2.00 bits per heavy atom. The summed E-state index contributed by atoms with van der Waals surface area (Å²) >= 11 is 0. The van der Waals surface area contributed by atoms with Gasteiger partial charge in [-0.05, 0) is 24.0 Å². The van der Waals surface area contributed by atoms with Gasteiger partial charge in [0, 0.05) is 13.0 Å². The van der Waals surface area contributed by atoms with E-state index in [0.717, 1.165) is 12.0 Å². The summed E-state index contributed by atoms with van der Waals surface area (Å²) in [7, 11) is 0. The third kappa shape index (κ3) is 2.68. The van der Waals surface area contributed by atoms with Crippen LogP contribution in [0.25, 0.3) is 0 Å². The first-order valence-corrected chi connectivity index (χ1v) is 5.87. The Kier molecular flexibility index (Phi) is 3.34. The number of aryl methyl sites for hydroxylation is 1. The number of aliphatic hydroxyl groups is 1. The number of primary amides is 1. The molecule has 96 valence electrons. The van der Waals surface area contributed by atoms with Crippen molar-refractivity contribution in [3.8, 4) is 0 Å². The van der Waals surface area contributed by atoms with Gasteiger partial charge in [0.15, 0.2) is 0 Å². The molecule has 1 atom stereocenters. The zero-order chi connectivity index (χ0) is 13.2. The Morgan fingerprint density at radius 1 is 1.33 bits per heavy atom. The van der Waals surface area contributed by atoms with Gasteiger partial charge in [-0.3, -0.25) is 9.59 Å². The van der Waals surface area contributed by atoms with E-state index in [4.69, 9.17) is 5.73 Å². The molecule has 0 radical (unpaired) electrons. The fourth-order valence-electron chi connectivity index (χ4n) is 2.27. The van der Waals surface area contributed by atoms with Gasteiger partial charge in [-0.25, -0.2) is 0 Å². The maximum Gasteiger partial charge on any atom is 0.309 e. The molecule has 0 bridgehead atoms. The average Bonchev–Trinajstić information content (AvgIpc) is 2.35. The predicted octanol–water partition coefficient (Wildman–Crippen LogP) is -0.492. The molecule has 1 aliphatic rings. The molecule has 0 saturated carbocycles. The molecule has 1 aliphatic carbocycles. The molecule has 1 aromatic rings. The van der Waals surface area contributed by atoms with Gasteiger partial charge in [-0.2, -0.15) is 0 Å². The maximum atomic E-state index is 11.1. The average molecular weight is 248 g/mol. The van der Waals surface area contributed by atoms with Crippen LogP contribution in [0.5, 0.6) is 0 Å². The van der Waals surface area contributed by atoms with Gasteiger partial charge < -0.3 is 16.2 Å². The van der Waals surface area contributed by atoms with Crippen LogP contribution in [-0.4, -0.2) is 29.1 Å². The standard InChI is InChI=1S/C13H16N2O3/c14-11(16)12(17)15-8-13(18)6-5-9-3-1-2-4-10(9)7-13/h1-4,18H,5-8H2,(H2,14,16)(H,15,17). The molecule has 0 fully saturated rings. The Labute approximate surface area is 105 Å². The first-order chi connectivity index (χ1) is 8.50. The zero-order valence-electron chi connectivity index (χ0n) is 9.98. The van der Waals surface area contributed by atoms with Gasteiger partial charge in [-0.1, -0.05) is 24.3 Å². The highest BCUT2D eigenvalue weighted by atomic mass is 16.3. The SMILES string of the molecule is NC(=O)C(=O)NCC1(O)CCc2ccccc2C1. The minimum absolute atomic E-state index is 0.0447. The van der Waals surface area contributed by atoms with E-state index in [2.05, 4.69) is 5.32 Å². The minimum Gasteiger partial charge on any atom is -0.388 e. The van der Waals surface area contributed by atoms with E-state index in [1.807, 2.05) is 24.3 Å². The molecule has 5 heteroatoms. The number of benzene rings is 1. The summed E-state index contributed by atoms with van der Waals surface area (Å²) in [5.41, 5.74) is 6.15. The molecule has 5 nitrogen and oxygen atoms in total. The van der Waals surface area contributed by atoms with Crippen molar-refractivity contribution in [2.75, 3.05) is 6.54 Å². The number of rotatable bonds is 2. The molecule has 2 rings (SSSR count). The van der Waals surface area contributed by atoms with E-state index in [1.54, 1.807) is 0 Å². The molecule has 0 aliphatic heterocycles. The van der Waals surface area contributed by atoms with Gasteiger partial charge >= 0.3 is 11.8 Å². The second-order valence-corrected chi connectivity index (χ2v) is 4.72. The summed E-state index contributed by atoms with van der Waals surface area (Å²) < 4.78 is 0. The van der Waals surface area contributed by atoms with Crippen LogP contribution in [0.15, 0.2) is 24.3 Å². The van der Waals surface area contributed by atoms with E-state index in [0.29, 0.717) is 12.8 Å². The highest BCUT2D eigenvalue weighted by Crippen LogP contribution is 2.28. The lowest BCUT2D eigenvalue weighted by atomic mass is 9.80. The topological polar surface area (TPSA) is 92.4 Å². The van der Waals surface area contributed by atoms with E-state index in [9.17, 15) is 14.7 Å². The largest absolute Gasteiger partial charge is 0.388 e. The highest BCUT2D eigenvalue weighted by molar-refractivity contribution is 6.34. The van der Waals surface area contributed by atoms with Crippen LogP contribution in [0, 0.1) is 0 Å². The lowest BCUT2D eigenvalue weighted by Gasteiger charge is -2.33. The van der Waals surface area contributed by atoms with Crippen molar-refractivity contribution >= 4 is 11.8 Å². The van der Waals surface area contributed by atoms with Crippen LogP contribution in [0.3, 0.4) is 0 Å². The summed E-state index contributed by atoms with van der Waals surface area (Å²) in [4.78, 5) is 21.7. The molecular formula is C13H16N2O3. The molecule has 0 heterocycles. The molecule has 18 heavy (non-hydrogen) atoms.